The van der Waals surface area contributed by atoms with E-state index in [0.717, 1.165) is 23.2 Å². The van der Waals surface area contributed by atoms with E-state index in [1.54, 1.807) is 49.6 Å². The summed E-state index contributed by atoms with van der Waals surface area (Å²) in [6, 6.07) is 21.3. The summed E-state index contributed by atoms with van der Waals surface area (Å²) < 4.78 is 5.21. The van der Waals surface area contributed by atoms with Gasteiger partial charge in [0.05, 0.1) is 12.7 Å². The van der Waals surface area contributed by atoms with Crippen molar-refractivity contribution in [3.05, 3.63) is 78.4 Å². The Morgan fingerprint density at radius 1 is 0.759 bits per heavy atom. The molecule has 0 atom stereocenters. The Balaban J connectivity index is 1.88. The van der Waals surface area contributed by atoms with Gasteiger partial charge in [-0.2, -0.15) is 0 Å². The van der Waals surface area contributed by atoms with E-state index in [1.165, 1.54) is 0 Å². The van der Waals surface area contributed by atoms with Crippen molar-refractivity contribution in [1.82, 2.24) is 15.0 Å². The normalized spacial score (nSPS) is 10.5. The van der Waals surface area contributed by atoms with Crippen LogP contribution in [-0.4, -0.2) is 33.5 Å². The minimum absolute atomic E-state index is 0.0848. The molecule has 3 aromatic carbocycles. The molecule has 0 aliphatic rings. The fourth-order valence-electron chi connectivity index (χ4n) is 2.87. The molecule has 1 aromatic heterocycles. The number of aromatic nitrogens is 3. The molecule has 142 valence electrons. The van der Waals surface area contributed by atoms with E-state index in [9.17, 15) is 9.90 Å². The Hall–Kier alpha value is -4.06. The van der Waals surface area contributed by atoms with Crippen molar-refractivity contribution >= 4 is 6.29 Å². The van der Waals surface area contributed by atoms with Crippen LogP contribution in [0.2, 0.25) is 0 Å². The van der Waals surface area contributed by atoms with Gasteiger partial charge in [-0.3, -0.25) is 4.79 Å². The zero-order chi connectivity index (χ0) is 20.2. The number of carbonyl (C=O) groups is 1. The number of rotatable bonds is 5. The number of benzene rings is 3. The van der Waals surface area contributed by atoms with Crippen LogP contribution in [0, 0.1) is 0 Å². The van der Waals surface area contributed by atoms with E-state index in [1.807, 2.05) is 30.3 Å². The Bertz CT molecular complexity index is 1160. The minimum atomic E-state index is 0.0848. The van der Waals surface area contributed by atoms with Crippen LogP contribution >= 0.6 is 0 Å². The number of aldehydes is 1. The van der Waals surface area contributed by atoms with Gasteiger partial charge in [0.2, 0.25) is 0 Å². The summed E-state index contributed by atoms with van der Waals surface area (Å²) in [5.41, 5.74) is 2.61. The van der Waals surface area contributed by atoms with Crippen LogP contribution in [0.3, 0.4) is 0 Å². The molecule has 6 nitrogen and oxygen atoms in total. The maximum Gasteiger partial charge on any atom is 0.167 e. The second-order valence-electron chi connectivity index (χ2n) is 6.29. The molecule has 0 saturated heterocycles. The molecule has 29 heavy (non-hydrogen) atoms. The summed E-state index contributed by atoms with van der Waals surface area (Å²) in [6.07, 6.45) is 0.785. The number of hydrogen-bond acceptors (Lipinski definition) is 6. The third-order valence-corrected chi connectivity index (χ3v) is 4.43. The van der Waals surface area contributed by atoms with Crippen molar-refractivity contribution in [1.29, 1.82) is 0 Å². The van der Waals surface area contributed by atoms with Crippen molar-refractivity contribution < 1.29 is 14.6 Å². The lowest BCUT2D eigenvalue weighted by atomic mass is 10.1. The first-order chi connectivity index (χ1) is 14.2. The van der Waals surface area contributed by atoms with E-state index in [-0.39, 0.29) is 5.75 Å². The summed E-state index contributed by atoms with van der Waals surface area (Å²) in [6.45, 7) is 0. The van der Waals surface area contributed by atoms with E-state index in [2.05, 4.69) is 15.0 Å². The van der Waals surface area contributed by atoms with Gasteiger partial charge in [-0.25, -0.2) is 15.0 Å². The lowest BCUT2D eigenvalue weighted by Gasteiger charge is -2.09. The van der Waals surface area contributed by atoms with Crippen molar-refractivity contribution in [2.45, 2.75) is 0 Å². The van der Waals surface area contributed by atoms with E-state index in [4.69, 9.17) is 4.74 Å². The SMILES string of the molecule is COc1ccc(-c2nc(-c3ccc(C=O)cc3)nc(-c3ccccc3O)n2)cc1. The number of ether oxygens (including phenoxy) is 1. The Labute approximate surface area is 167 Å². The number of phenols is 1. The van der Waals surface area contributed by atoms with Crippen LogP contribution < -0.4 is 4.74 Å². The number of aromatic hydroxyl groups is 1. The third kappa shape index (κ3) is 3.82. The molecule has 1 heterocycles. The lowest BCUT2D eigenvalue weighted by Crippen LogP contribution is -2.00. The molecule has 0 aliphatic carbocycles. The first kappa shape index (κ1) is 18.3. The van der Waals surface area contributed by atoms with Crippen LogP contribution in [0.4, 0.5) is 0 Å². The highest BCUT2D eigenvalue weighted by atomic mass is 16.5. The first-order valence-corrected chi connectivity index (χ1v) is 8.92. The summed E-state index contributed by atoms with van der Waals surface area (Å²) >= 11 is 0. The molecule has 0 amide bonds. The molecular weight excluding hydrogens is 366 g/mol. The topological polar surface area (TPSA) is 85.2 Å². The van der Waals surface area contributed by atoms with Gasteiger partial charge in [0.25, 0.3) is 0 Å². The summed E-state index contributed by atoms with van der Waals surface area (Å²) in [7, 11) is 1.61. The molecule has 0 radical (unpaired) electrons. The van der Waals surface area contributed by atoms with Gasteiger partial charge in [0, 0.05) is 16.7 Å². The zero-order valence-corrected chi connectivity index (χ0v) is 15.6. The average molecular weight is 383 g/mol. The maximum atomic E-state index is 10.9. The van der Waals surface area contributed by atoms with E-state index in [0.29, 0.717) is 28.6 Å². The fourth-order valence-corrected chi connectivity index (χ4v) is 2.87. The van der Waals surface area contributed by atoms with Crippen LogP contribution in [0.5, 0.6) is 11.5 Å². The molecule has 0 aliphatic heterocycles. The van der Waals surface area contributed by atoms with Gasteiger partial charge in [0.1, 0.15) is 17.8 Å². The Morgan fingerprint density at radius 3 is 1.86 bits per heavy atom. The molecule has 0 bridgehead atoms. The van der Waals surface area contributed by atoms with Gasteiger partial charge >= 0.3 is 0 Å². The molecule has 6 heteroatoms. The molecular formula is C23H17N3O3. The summed E-state index contributed by atoms with van der Waals surface area (Å²) in [5.74, 6) is 2.09. The van der Waals surface area contributed by atoms with Gasteiger partial charge < -0.3 is 9.84 Å². The highest BCUT2D eigenvalue weighted by Gasteiger charge is 2.14. The summed E-state index contributed by atoms with van der Waals surface area (Å²) in [5, 5.41) is 10.3. The third-order valence-electron chi connectivity index (χ3n) is 4.43. The van der Waals surface area contributed by atoms with Gasteiger partial charge in [-0.05, 0) is 36.4 Å². The molecule has 4 aromatic rings. The molecule has 0 unspecified atom stereocenters. The smallest absolute Gasteiger partial charge is 0.167 e. The van der Waals surface area contributed by atoms with Gasteiger partial charge in [-0.1, -0.05) is 36.4 Å². The van der Waals surface area contributed by atoms with Crippen molar-refractivity contribution in [3.63, 3.8) is 0 Å². The second kappa shape index (κ2) is 7.90. The monoisotopic (exact) mass is 383 g/mol. The summed E-state index contributed by atoms with van der Waals surface area (Å²) in [4.78, 5) is 24.7. The first-order valence-electron chi connectivity index (χ1n) is 8.92. The number of methoxy groups -OCH3 is 1. The highest BCUT2D eigenvalue weighted by molar-refractivity contribution is 5.76. The molecule has 0 spiro atoms. The minimum Gasteiger partial charge on any atom is -0.507 e. The van der Waals surface area contributed by atoms with Gasteiger partial charge in [0.15, 0.2) is 17.5 Å². The quantitative estimate of drug-likeness (QED) is 0.514. The molecule has 1 N–H and O–H groups in total. The van der Waals surface area contributed by atoms with E-state index >= 15 is 0 Å². The van der Waals surface area contributed by atoms with Gasteiger partial charge in [-0.15, -0.1) is 0 Å². The predicted molar refractivity (Wildman–Crippen MR) is 110 cm³/mol. The van der Waals surface area contributed by atoms with E-state index < -0.39 is 0 Å². The zero-order valence-electron chi connectivity index (χ0n) is 15.6. The number of phenolic OH excluding ortho intramolecular Hbond substituents is 1. The second-order valence-corrected chi connectivity index (χ2v) is 6.29. The number of hydrogen-bond donors (Lipinski definition) is 1. The number of carbonyl (C=O) groups excluding carboxylic acids is 1. The lowest BCUT2D eigenvalue weighted by molar-refractivity contribution is 0.112. The van der Waals surface area contributed by atoms with Crippen LogP contribution in [-0.2, 0) is 0 Å². The number of nitrogens with zero attached hydrogens (tertiary/aromatic N) is 3. The Kier molecular flexibility index (Phi) is 4.99. The molecule has 4 rings (SSSR count). The largest absolute Gasteiger partial charge is 0.507 e. The van der Waals surface area contributed by atoms with Crippen LogP contribution in [0.15, 0.2) is 72.8 Å². The number of para-hydroxylation sites is 1. The molecule has 0 saturated carbocycles. The molecule has 0 fully saturated rings. The van der Waals surface area contributed by atoms with Crippen LogP contribution in [0.1, 0.15) is 10.4 Å². The van der Waals surface area contributed by atoms with Crippen molar-refractivity contribution in [2.75, 3.05) is 7.11 Å². The Morgan fingerprint density at radius 2 is 1.31 bits per heavy atom. The van der Waals surface area contributed by atoms with Crippen molar-refractivity contribution in [3.8, 4) is 45.7 Å². The standard InChI is InChI=1S/C23H17N3O3/c1-29-18-12-10-17(11-13-18)22-24-21(16-8-6-15(14-27)7-9-16)25-23(26-22)19-4-2-3-5-20(19)28/h2-14,28H,1H3. The maximum absolute atomic E-state index is 10.9. The van der Waals surface area contributed by atoms with Crippen molar-refractivity contribution in [2.24, 2.45) is 0 Å². The average Bonchev–Trinajstić information content (AvgIpc) is 2.79. The predicted octanol–water partition coefficient (Wildman–Crippen LogP) is 4.40. The fraction of sp³-hybridized carbons (Fsp3) is 0.0435. The highest BCUT2D eigenvalue weighted by Crippen LogP contribution is 2.30. The van der Waals surface area contributed by atoms with Crippen LogP contribution in [0.25, 0.3) is 34.2 Å².